The summed E-state index contributed by atoms with van der Waals surface area (Å²) in [6.07, 6.45) is 2.96. The first-order chi connectivity index (χ1) is 6.59. The van der Waals surface area contributed by atoms with E-state index >= 15 is 0 Å². The van der Waals surface area contributed by atoms with Crippen molar-refractivity contribution in [1.82, 2.24) is 0 Å². The Morgan fingerprint density at radius 3 is 1.80 bits per heavy atom. The van der Waals surface area contributed by atoms with Gasteiger partial charge in [0, 0.05) is 9.98 Å². The molecule has 0 aromatic carbocycles. The minimum atomic E-state index is -2.87. The molecule has 0 spiro atoms. The van der Waals surface area contributed by atoms with Gasteiger partial charge >= 0.3 is 8.25 Å². The summed E-state index contributed by atoms with van der Waals surface area (Å²) in [5.41, 5.74) is 1.09. The predicted molar refractivity (Wildman–Crippen MR) is 60.6 cm³/mol. The summed E-state index contributed by atoms with van der Waals surface area (Å²) in [5, 5.41) is 0. The van der Waals surface area contributed by atoms with Gasteiger partial charge in [-0.05, 0) is 27.2 Å². The zero-order valence-corrected chi connectivity index (χ0v) is 10.8. The Morgan fingerprint density at radius 2 is 1.60 bits per heavy atom. The van der Waals surface area contributed by atoms with E-state index in [1.54, 1.807) is 6.92 Å². The van der Waals surface area contributed by atoms with E-state index in [0.717, 1.165) is 6.42 Å². The Hall–Kier alpha value is -0.570. The number of carbonyl (C=O) groups excluding carboxylic acids is 1. The van der Waals surface area contributed by atoms with E-state index in [2.05, 4.69) is 19.9 Å². The van der Waals surface area contributed by atoms with Crippen LogP contribution in [0, 0.1) is 5.41 Å². The van der Waals surface area contributed by atoms with Crippen molar-refractivity contribution in [2.45, 2.75) is 41.0 Å². The maximum Gasteiger partial charge on any atom is 0.692 e. The molecular formula is C10H20O4P+. The fraction of sp³-hybridized carbons (Fsp3) is 0.700. The molecule has 0 amide bonds. The summed E-state index contributed by atoms with van der Waals surface area (Å²) in [6.45, 7) is 9.72. The van der Waals surface area contributed by atoms with E-state index < -0.39 is 8.25 Å². The monoisotopic (exact) mass is 235 g/mol. The van der Waals surface area contributed by atoms with Crippen LogP contribution in [0.25, 0.3) is 0 Å². The molecule has 0 saturated heterocycles. The van der Waals surface area contributed by atoms with Gasteiger partial charge in [0.05, 0.1) is 0 Å². The fourth-order valence-electron chi connectivity index (χ4n) is 0.603. The average Bonchev–Trinajstić information content (AvgIpc) is 1.99. The van der Waals surface area contributed by atoms with Crippen LogP contribution < -0.4 is 0 Å². The van der Waals surface area contributed by atoms with E-state index in [1.165, 1.54) is 5.57 Å². The van der Waals surface area contributed by atoms with Gasteiger partial charge < -0.3 is 0 Å². The normalized spacial score (nSPS) is 9.80. The standard InChI is InChI=1S/C10H18O.HO3P/c1-8(2)6-7-10(4,5)9(3)11;1-4(2)3/h6H,7H2,1-5H3;(H-,1,2,3)/p+1. The molecule has 0 saturated carbocycles. The number of rotatable bonds is 3. The second-order valence-corrected chi connectivity index (χ2v) is 4.68. The van der Waals surface area contributed by atoms with Gasteiger partial charge in [-0.1, -0.05) is 25.5 Å². The van der Waals surface area contributed by atoms with Crippen LogP contribution in [0.3, 0.4) is 0 Å². The van der Waals surface area contributed by atoms with E-state index in [-0.39, 0.29) is 11.2 Å². The molecule has 0 aliphatic heterocycles. The van der Waals surface area contributed by atoms with Crippen LogP contribution in [0.2, 0.25) is 0 Å². The average molecular weight is 235 g/mol. The lowest BCUT2D eigenvalue weighted by molar-refractivity contribution is -0.124. The maximum atomic E-state index is 11.0. The van der Waals surface area contributed by atoms with Gasteiger partial charge in [-0.2, -0.15) is 0 Å². The van der Waals surface area contributed by atoms with Crippen LogP contribution >= 0.6 is 8.25 Å². The van der Waals surface area contributed by atoms with Gasteiger partial charge in [0.15, 0.2) is 0 Å². The first-order valence-electron chi connectivity index (χ1n) is 4.59. The second-order valence-electron chi connectivity index (χ2n) is 4.18. The van der Waals surface area contributed by atoms with Gasteiger partial charge in [0.2, 0.25) is 0 Å². The van der Waals surface area contributed by atoms with Gasteiger partial charge in [-0.25, -0.2) is 0 Å². The van der Waals surface area contributed by atoms with Crippen LogP contribution in [0.1, 0.15) is 41.0 Å². The third-order valence-electron chi connectivity index (χ3n) is 1.97. The molecule has 88 valence electrons. The van der Waals surface area contributed by atoms with Crippen molar-refractivity contribution in [3.8, 4) is 0 Å². The summed E-state index contributed by atoms with van der Waals surface area (Å²) in [7, 11) is -2.87. The van der Waals surface area contributed by atoms with Gasteiger partial charge in [-0.3, -0.25) is 4.79 Å². The summed E-state index contributed by atoms with van der Waals surface area (Å²) in [6, 6.07) is 0. The fourth-order valence-corrected chi connectivity index (χ4v) is 0.603. The second kappa shape index (κ2) is 7.69. The van der Waals surface area contributed by atoms with Crippen molar-refractivity contribution in [3.63, 3.8) is 0 Å². The molecule has 0 radical (unpaired) electrons. The number of hydrogen-bond donors (Lipinski definition) is 2. The third kappa shape index (κ3) is 13.4. The molecule has 15 heavy (non-hydrogen) atoms. The smallest absolute Gasteiger partial charge is 0.299 e. The molecular weight excluding hydrogens is 215 g/mol. The SMILES string of the molecule is CC(=O)C(C)(C)CC=C(C)C.O=[P+](O)O. The van der Waals surface area contributed by atoms with Crippen LogP contribution in [-0.2, 0) is 9.36 Å². The highest BCUT2D eigenvalue weighted by Gasteiger charge is 2.21. The molecule has 0 bridgehead atoms. The predicted octanol–water partition coefficient (Wildman–Crippen LogP) is 2.59. The lowest BCUT2D eigenvalue weighted by Gasteiger charge is -2.18. The lowest BCUT2D eigenvalue weighted by atomic mass is 9.85. The van der Waals surface area contributed by atoms with E-state index in [0.29, 0.717) is 0 Å². The van der Waals surface area contributed by atoms with Crippen molar-refractivity contribution in [1.29, 1.82) is 0 Å². The highest BCUT2D eigenvalue weighted by atomic mass is 31.1. The molecule has 0 aliphatic carbocycles. The maximum absolute atomic E-state index is 11.0. The molecule has 0 rings (SSSR count). The minimum Gasteiger partial charge on any atom is -0.299 e. The molecule has 0 atom stereocenters. The number of hydrogen-bond acceptors (Lipinski definition) is 2. The Morgan fingerprint density at radius 1 is 1.27 bits per heavy atom. The Labute approximate surface area is 92.0 Å². The minimum absolute atomic E-state index is 0.183. The molecule has 2 N–H and O–H groups in total. The van der Waals surface area contributed by atoms with Crippen molar-refractivity contribution < 1.29 is 19.1 Å². The van der Waals surface area contributed by atoms with E-state index in [9.17, 15) is 4.79 Å². The number of Topliss-reactive ketones (excluding diaryl/α,β-unsaturated/α-hetero) is 1. The zero-order chi connectivity index (χ0) is 12.6. The lowest BCUT2D eigenvalue weighted by Crippen LogP contribution is -2.20. The molecule has 0 unspecified atom stereocenters. The summed E-state index contributed by atoms with van der Waals surface area (Å²) >= 11 is 0. The van der Waals surface area contributed by atoms with Crippen molar-refractivity contribution in [2.75, 3.05) is 0 Å². The molecule has 0 aromatic heterocycles. The van der Waals surface area contributed by atoms with E-state index in [4.69, 9.17) is 14.4 Å². The van der Waals surface area contributed by atoms with Crippen LogP contribution in [0.4, 0.5) is 0 Å². The van der Waals surface area contributed by atoms with Crippen molar-refractivity contribution >= 4 is 14.0 Å². The highest BCUT2D eigenvalue weighted by molar-refractivity contribution is 7.30. The van der Waals surface area contributed by atoms with Crippen LogP contribution in [0.15, 0.2) is 11.6 Å². The molecule has 0 aliphatic rings. The van der Waals surface area contributed by atoms with E-state index in [1.807, 2.05) is 13.8 Å². The first kappa shape index (κ1) is 16.8. The largest absolute Gasteiger partial charge is 0.692 e. The molecule has 0 heterocycles. The van der Waals surface area contributed by atoms with Crippen LogP contribution in [-0.4, -0.2) is 15.6 Å². The Kier molecular flexibility index (Phi) is 8.63. The summed E-state index contributed by atoms with van der Waals surface area (Å²) in [5.74, 6) is 0.259. The quantitative estimate of drug-likeness (QED) is 0.582. The molecule has 0 aromatic rings. The highest BCUT2D eigenvalue weighted by Crippen LogP contribution is 2.22. The zero-order valence-electron chi connectivity index (χ0n) is 9.94. The summed E-state index contributed by atoms with van der Waals surface area (Å²) in [4.78, 5) is 25.3. The van der Waals surface area contributed by atoms with Gasteiger partial charge in [0.1, 0.15) is 5.78 Å². The first-order valence-corrected chi connectivity index (χ1v) is 5.75. The molecule has 4 nitrogen and oxygen atoms in total. The Bertz CT molecular complexity index is 248. The van der Waals surface area contributed by atoms with Crippen molar-refractivity contribution in [2.24, 2.45) is 5.41 Å². The Balaban J connectivity index is 0. The number of allylic oxidation sites excluding steroid dienone is 2. The van der Waals surface area contributed by atoms with Crippen LogP contribution in [0.5, 0.6) is 0 Å². The van der Waals surface area contributed by atoms with Crippen molar-refractivity contribution in [3.05, 3.63) is 11.6 Å². The third-order valence-corrected chi connectivity index (χ3v) is 1.97. The number of carbonyl (C=O) groups is 1. The van der Waals surface area contributed by atoms with Gasteiger partial charge in [-0.15, -0.1) is 9.79 Å². The topological polar surface area (TPSA) is 74.6 Å². The summed E-state index contributed by atoms with van der Waals surface area (Å²) < 4.78 is 8.70. The number of ketones is 1. The van der Waals surface area contributed by atoms with Gasteiger partial charge in [0.25, 0.3) is 0 Å². The molecule has 5 heteroatoms. The molecule has 0 fully saturated rings.